The van der Waals surface area contributed by atoms with E-state index < -0.39 is 12.2 Å². The van der Waals surface area contributed by atoms with Gasteiger partial charge in [0.1, 0.15) is 30.0 Å². The predicted molar refractivity (Wildman–Crippen MR) is 132 cm³/mol. The molecule has 1 aliphatic rings. The summed E-state index contributed by atoms with van der Waals surface area (Å²) >= 11 is 6.56. The number of hydrogen-bond acceptors (Lipinski definition) is 10. The number of benzene rings is 1. The van der Waals surface area contributed by atoms with Crippen LogP contribution in [0, 0.1) is 20.8 Å². The molecule has 1 fully saturated rings. The summed E-state index contributed by atoms with van der Waals surface area (Å²) in [7, 11) is 1.76. The number of nitrogens with one attached hydrogen (secondary N) is 2. The fraction of sp³-hybridized carbons (Fsp3) is 0.458. The third kappa shape index (κ3) is 5.57. The van der Waals surface area contributed by atoms with Crippen molar-refractivity contribution in [3.8, 4) is 28.4 Å². The van der Waals surface area contributed by atoms with Crippen LogP contribution >= 0.6 is 11.6 Å². The van der Waals surface area contributed by atoms with E-state index in [-0.39, 0.29) is 19.3 Å². The minimum absolute atomic E-state index is 0.118. The molecular formula is C24H30ClN5O5. The molecule has 35 heavy (non-hydrogen) atoms. The molecule has 0 aliphatic carbocycles. The standard InChI is InChI=1S/C24H30ClN5O5/c1-12-22(21-13(2)30-35-14(21)3)28-24(29-23(12)27-19-10-33-11-20(19)32)17-7-16(5-6-18(17)25)34-9-15(31)8-26-4/h5-7,15,19-20,26,31-32H,8-11H2,1-4H3,(H,27,28,29)/t15-,19+,20+/m1/s1. The summed E-state index contributed by atoms with van der Waals surface area (Å²) in [6.07, 6.45) is -1.31. The highest BCUT2D eigenvalue weighted by Gasteiger charge is 2.28. The van der Waals surface area contributed by atoms with Gasteiger partial charge in [-0.1, -0.05) is 16.8 Å². The van der Waals surface area contributed by atoms with Crippen molar-refractivity contribution in [3.63, 3.8) is 0 Å². The third-order valence-electron chi connectivity index (χ3n) is 5.85. The number of aryl methyl sites for hydroxylation is 2. The lowest BCUT2D eigenvalue weighted by molar-refractivity contribution is 0.108. The van der Waals surface area contributed by atoms with Gasteiger partial charge < -0.3 is 34.8 Å². The Morgan fingerprint density at radius 1 is 1.23 bits per heavy atom. The molecule has 4 N–H and O–H groups in total. The van der Waals surface area contributed by atoms with Crippen molar-refractivity contribution < 1.29 is 24.2 Å². The molecule has 0 bridgehead atoms. The van der Waals surface area contributed by atoms with E-state index in [4.69, 9.17) is 35.6 Å². The molecule has 0 unspecified atom stereocenters. The fourth-order valence-electron chi connectivity index (χ4n) is 3.95. The Bertz CT molecular complexity index is 1170. The summed E-state index contributed by atoms with van der Waals surface area (Å²) in [6, 6.07) is 4.87. The van der Waals surface area contributed by atoms with E-state index in [1.54, 1.807) is 25.2 Å². The van der Waals surface area contributed by atoms with Crippen molar-refractivity contribution in [1.82, 2.24) is 20.4 Å². The molecule has 2 aromatic heterocycles. The molecule has 188 valence electrons. The van der Waals surface area contributed by atoms with Crippen LogP contribution in [0.3, 0.4) is 0 Å². The van der Waals surface area contributed by atoms with Crippen LogP contribution in [0.1, 0.15) is 17.0 Å². The number of nitrogens with zero attached hydrogens (tertiary/aromatic N) is 3. The first-order valence-corrected chi connectivity index (χ1v) is 11.8. The molecule has 3 aromatic rings. The lowest BCUT2D eigenvalue weighted by atomic mass is 10.0. The summed E-state index contributed by atoms with van der Waals surface area (Å²) in [5.74, 6) is 2.07. The van der Waals surface area contributed by atoms with Gasteiger partial charge in [0.25, 0.3) is 0 Å². The Kier molecular flexibility index (Phi) is 7.88. The average Bonchev–Trinajstić information content (AvgIpc) is 3.39. The molecule has 3 heterocycles. The molecule has 11 heteroatoms. The molecule has 4 rings (SSSR count). The molecule has 0 saturated carbocycles. The zero-order chi connectivity index (χ0) is 25.1. The molecule has 0 radical (unpaired) electrons. The summed E-state index contributed by atoms with van der Waals surface area (Å²) in [5, 5.41) is 31.0. The number of aliphatic hydroxyl groups is 2. The van der Waals surface area contributed by atoms with Gasteiger partial charge in [-0.3, -0.25) is 0 Å². The van der Waals surface area contributed by atoms with Crippen LogP contribution in [-0.4, -0.2) is 77.0 Å². The van der Waals surface area contributed by atoms with E-state index in [1.807, 2.05) is 20.8 Å². The maximum Gasteiger partial charge on any atom is 0.163 e. The van der Waals surface area contributed by atoms with Gasteiger partial charge in [-0.15, -0.1) is 0 Å². The summed E-state index contributed by atoms with van der Waals surface area (Å²) in [6.45, 7) is 6.74. The van der Waals surface area contributed by atoms with Crippen molar-refractivity contribution in [3.05, 3.63) is 40.2 Å². The van der Waals surface area contributed by atoms with E-state index in [1.165, 1.54) is 0 Å². The third-order valence-corrected chi connectivity index (χ3v) is 6.18. The Morgan fingerprint density at radius 2 is 2.03 bits per heavy atom. The van der Waals surface area contributed by atoms with Crippen LogP contribution in [0.15, 0.2) is 22.7 Å². The molecule has 0 amide bonds. The van der Waals surface area contributed by atoms with Crippen molar-refractivity contribution in [2.75, 3.05) is 38.7 Å². The molecule has 0 spiro atoms. The Hall–Kier alpha value is -2.76. The van der Waals surface area contributed by atoms with Gasteiger partial charge in [0.15, 0.2) is 5.82 Å². The topological polar surface area (TPSA) is 135 Å². The van der Waals surface area contributed by atoms with Crippen molar-refractivity contribution >= 4 is 17.4 Å². The first-order chi connectivity index (χ1) is 16.8. The van der Waals surface area contributed by atoms with Gasteiger partial charge in [0.2, 0.25) is 0 Å². The highest BCUT2D eigenvalue weighted by Crippen LogP contribution is 2.36. The van der Waals surface area contributed by atoms with Gasteiger partial charge in [-0.25, -0.2) is 9.97 Å². The maximum atomic E-state index is 10.3. The second kappa shape index (κ2) is 10.9. The minimum atomic E-state index is -0.656. The highest BCUT2D eigenvalue weighted by atomic mass is 35.5. The van der Waals surface area contributed by atoms with Crippen molar-refractivity contribution in [2.45, 2.75) is 39.0 Å². The number of rotatable bonds is 9. The molecule has 1 aromatic carbocycles. The number of likely N-dealkylation sites (N-methyl/N-ethyl adjacent to an activating group) is 1. The highest BCUT2D eigenvalue weighted by molar-refractivity contribution is 6.33. The van der Waals surface area contributed by atoms with E-state index in [2.05, 4.69) is 15.8 Å². The minimum Gasteiger partial charge on any atom is -0.491 e. The van der Waals surface area contributed by atoms with E-state index >= 15 is 0 Å². The van der Waals surface area contributed by atoms with E-state index in [9.17, 15) is 10.2 Å². The molecule has 10 nitrogen and oxygen atoms in total. The second-order valence-electron chi connectivity index (χ2n) is 8.59. The lowest BCUT2D eigenvalue weighted by Gasteiger charge is -2.20. The van der Waals surface area contributed by atoms with Crippen LogP contribution in [0.4, 0.5) is 5.82 Å². The van der Waals surface area contributed by atoms with Gasteiger partial charge in [-0.05, 0) is 46.0 Å². The zero-order valence-electron chi connectivity index (χ0n) is 20.1. The summed E-state index contributed by atoms with van der Waals surface area (Å²) in [5.41, 5.74) is 3.46. The summed E-state index contributed by atoms with van der Waals surface area (Å²) < 4.78 is 16.5. The Labute approximate surface area is 208 Å². The quantitative estimate of drug-likeness (QED) is 0.345. The van der Waals surface area contributed by atoms with Gasteiger partial charge >= 0.3 is 0 Å². The van der Waals surface area contributed by atoms with Gasteiger partial charge in [0.05, 0.1) is 47.3 Å². The van der Waals surface area contributed by atoms with Crippen molar-refractivity contribution in [2.24, 2.45) is 0 Å². The van der Waals surface area contributed by atoms with Crippen molar-refractivity contribution in [1.29, 1.82) is 0 Å². The van der Waals surface area contributed by atoms with Crippen LogP contribution in [-0.2, 0) is 4.74 Å². The van der Waals surface area contributed by atoms with E-state index in [0.29, 0.717) is 58.3 Å². The van der Waals surface area contributed by atoms with Crippen LogP contribution < -0.4 is 15.4 Å². The number of ether oxygens (including phenoxy) is 2. The second-order valence-corrected chi connectivity index (χ2v) is 9.00. The van der Waals surface area contributed by atoms with Gasteiger partial charge in [-0.2, -0.15) is 0 Å². The zero-order valence-corrected chi connectivity index (χ0v) is 20.9. The monoisotopic (exact) mass is 503 g/mol. The number of aromatic nitrogens is 3. The van der Waals surface area contributed by atoms with Crippen LogP contribution in [0.2, 0.25) is 5.02 Å². The molecular weight excluding hydrogens is 474 g/mol. The largest absolute Gasteiger partial charge is 0.491 e. The smallest absolute Gasteiger partial charge is 0.163 e. The Balaban J connectivity index is 1.77. The first kappa shape index (κ1) is 25.3. The van der Waals surface area contributed by atoms with Gasteiger partial charge in [0, 0.05) is 17.7 Å². The summed E-state index contributed by atoms with van der Waals surface area (Å²) in [4.78, 5) is 9.60. The number of halogens is 1. The number of hydrogen-bond donors (Lipinski definition) is 4. The predicted octanol–water partition coefficient (Wildman–Crippen LogP) is 2.51. The normalized spacial score (nSPS) is 18.6. The maximum absolute atomic E-state index is 10.3. The first-order valence-electron chi connectivity index (χ1n) is 11.4. The van der Waals surface area contributed by atoms with E-state index in [0.717, 1.165) is 11.1 Å². The molecule has 3 atom stereocenters. The Morgan fingerprint density at radius 3 is 2.69 bits per heavy atom. The number of anilines is 1. The SMILES string of the molecule is CNC[C@@H](O)COc1ccc(Cl)c(-c2nc(N[C@H]3COC[C@@H]3O)c(C)c(-c3c(C)noc3C)n2)c1. The molecule has 1 aliphatic heterocycles. The fourth-order valence-corrected chi connectivity index (χ4v) is 4.15. The van der Waals surface area contributed by atoms with Crippen LogP contribution in [0.5, 0.6) is 5.75 Å². The molecule has 1 saturated heterocycles. The average molecular weight is 504 g/mol. The lowest BCUT2D eigenvalue weighted by Crippen LogP contribution is -2.32. The number of aliphatic hydroxyl groups excluding tert-OH is 2. The van der Waals surface area contributed by atoms with Crippen LogP contribution in [0.25, 0.3) is 22.6 Å².